The van der Waals surface area contributed by atoms with E-state index in [1.807, 2.05) is 30.0 Å². The molecule has 1 aliphatic rings. The van der Waals surface area contributed by atoms with Crippen molar-refractivity contribution in [3.05, 3.63) is 35.4 Å². The van der Waals surface area contributed by atoms with E-state index >= 15 is 0 Å². The third kappa shape index (κ3) is 6.36. The van der Waals surface area contributed by atoms with E-state index in [0.29, 0.717) is 25.9 Å². The highest BCUT2D eigenvalue weighted by atomic mass is 32.2. The summed E-state index contributed by atoms with van der Waals surface area (Å²) in [6.07, 6.45) is 1.25. The van der Waals surface area contributed by atoms with Gasteiger partial charge in [0.25, 0.3) is 0 Å². The molecule has 0 aliphatic carbocycles. The predicted molar refractivity (Wildman–Crippen MR) is 93.9 cm³/mol. The van der Waals surface area contributed by atoms with Crippen molar-refractivity contribution >= 4 is 23.5 Å². The lowest BCUT2D eigenvalue weighted by molar-refractivity contribution is -0.143. The number of benzene rings is 1. The SMILES string of the molecule is CCOC(=O)CCCC(=O)c1cccc(CN2CCSCC2)c1. The standard InChI is InChI=1S/C18H25NO3S/c1-2-22-18(21)8-4-7-17(20)16-6-3-5-15(13-16)14-19-9-11-23-12-10-19/h3,5-6,13H,2,4,7-12,14H2,1H3. The third-order valence-electron chi connectivity index (χ3n) is 3.85. The van der Waals surface area contributed by atoms with E-state index in [4.69, 9.17) is 4.74 Å². The number of carbonyl (C=O) groups excluding carboxylic acids is 2. The number of hydrogen-bond acceptors (Lipinski definition) is 5. The van der Waals surface area contributed by atoms with Crippen LogP contribution in [-0.4, -0.2) is 47.9 Å². The fourth-order valence-corrected chi connectivity index (χ4v) is 3.61. The Balaban J connectivity index is 1.83. The van der Waals surface area contributed by atoms with Crippen molar-refractivity contribution in [3.8, 4) is 0 Å². The Morgan fingerprint density at radius 2 is 2.00 bits per heavy atom. The number of Topliss-reactive ketones (excluding diaryl/α,β-unsaturated/α-hetero) is 1. The number of ether oxygens (including phenoxy) is 1. The lowest BCUT2D eigenvalue weighted by Crippen LogP contribution is -2.31. The van der Waals surface area contributed by atoms with Gasteiger partial charge in [-0.2, -0.15) is 11.8 Å². The van der Waals surface area contributed by atoms with Gasteiger partial charge >= 0.3 is 5.97 Å². The van der Waals surface area contributed by atoms with Crippen LogP contribution in [0.25, 0.3) is 0 Å². The van der Waals surface area contributed by atoms with Crippen LogP contribution in [0.5, 0.6) is 0 Å². The van der Waals surface area contributed by atoms with Gasteiger partial charge < -0.3 is 4.74 Å². The Labute approximate surface area is 142 Å². The van der Waals surface area contributed by atoms with E-state index in [-0.39, 0.29) is 11.8 Å². The van der Waals surface area contributed by atoms with Gasteiger partial charge in [-0.05, 0) is 25.0 Å². The summed E-state index contributed by atoms with van der Waals surface area (Å²) in [6, 6.07) is 7.89. The molecule has 0 bridgehead atoms. The van der Waals surface area contributed by atoms with Gasteiger partial charge in [-0.15, -0.1) is 0 Å². The highest BCUT2D eigenvalue weighted by molar-refractivity contribution is 7.99. The van der Waals surface area contributed by atoms with E-state index in [9.17, 15) is 9.59 Å². The summed E-state index contributed by atoms with van der Waals surface area (Å²) in [5, 5.41) is 0. The van der Waals surface area contributed by atoms with E-state index in [1.54, 1.807) is 6.92 Å². The normalized spacial score (nSPS) is 15.3. The van der Waals surface area contributed by atoms with Crippen molar-refractivity contribution in [2.75, 3.05) is 31.2 Å². The molecule has 126 valence electrons. The number of hydrogen-bond donors (Lipinski definition) is 0. The molecule has 0 amide bonds. The first-order valence-electron chi connectivity index (χ1n) is 8.27. The first-order chi connectivity index (χ1) is 11.2. The second-order valence-electron chi connectivity index (χ2n) is 5.67. The van der Waals surface area contributed by atoms with Gasteiger partial charge in [-0.3, -0.25) is 14.5 Å². The van der Waals surface area contributed by atoms with Crippen LogP contribution in [0.15, 0.2) is 24.3 Å². The molecule has 0 N–H and O–H groups in total. The molecule has 0 spiro atoms. The Kier molecular flexibility index (Phi) is 7.62. The maximum Gasteiger partial charge on any atom is 0.305 e. The lowest BCUT2D eigenvalue weighted by Gasteiger charge is -2.26. The van der Waals surface area contributed by atoms with Crippen molar-refractivity contribution in [3.63, 3.8) is 0 Å². The summed E-state index contributed by atoms with van der Waals surface area (Å²) in [5.74, 6) is 2.25. The zero-order chi connectivity index (χ0) is 16.5. The molecular weight excluding hydrogens is 310 g/mol. The van der Waals surface area contributed by atoms with E-state index in [2.05, 4.69) is 11.0 Å². The zero-order valence-corrected chi connectivity index (χ0v) is 14.6. The molecule has 1 fully saturated rings. The molecule has 1 aliphatic heterocycles. The molecule has 5 heteroatoms. The number of carbonyl (C=O) groups is 2. The van der Waals surface area contributed by atoms with Crippen molar-refractivity contribution in [1.29, 1.82) is 0 Å². The van der Waals surface area contributed by atoms with Crippen LogP contribution in [-0.2, 0) is 16.1 Å². The first kappa shape index (κ1) is 18.0. The average Bonchev–Trinajstić information content (AvgIpc) is 2.56. The van der Waals surface area contributed by atoms with E-state index in [0.717, 1.165) is 25.2 Å². The number of nitrogens with zero attached hydrogens (tertiary/aromatic N) is 1. The second kappa shape index (κ2) is 9.73. The molecule has 2 rings (SSSR count). The minimum absolute atomic E-state index is 0.102. The Hall–Kier alpha value is -1.33. The molecule has 0 unspecified atom stereocenters. The van der Waals surface area contributed by atoms with Crippen LogP contribution in [0.3, 0.4) is 0 Å². The minimum atomic E-state index is -0.225. The maximum absolute atomic E-state index is 12.3. The predicted octanol–water partition coefficient (Wildman–Crippen LogP) is 3.15. The third-order valence-corrected chi connectivity index (χ3v) is 4.79. The molecule has 0 saturated carbocycles. The Morgan fingerprint density at radius 3 is 2.74 bits per heavy atom. The van der Waals surface area contributed by atoms with Gasteiger partial charge in [-0.1, -0.05) is 18.2 Å². The highest BCUT2D eigenvalue weighted by Crippen LogP contribution is 2.15. The topological polar surface area (TPSA) is 46.6 Å². The molecule has 4 nitrogen and oxygen atoms in total. The molecule has 1 aromatic carbocycles. The molecule has 0 atom stereocenters. The van der Waals surface area contributed by atoms with Crippen molar-refractivity contribution < 1.29 is 14.3 Å². The molecular formula is C18H25NO3S. The average molecular weight is 335 g/mol. The number of thioether (sulfide) groups is 1. The van der Waals surface area contributed by atoms with Crippen LogP contribution in [0.1, 0.15) is 42.1 Å². The van der Waals surface area contributed by atoms with Crippen molar-refractivity contribution in [2.45, 2.75) is 32.7 Å². The lowest BCUT2D eigenvalue weighted by atomic mass is 10.0. The quantitative estimate of drug-likeness (QED) is 0.539. The van der Waals surface area contributed by atoms with Crippen LogP contribution < -0.4 is 0 Å². The maximum atomic E-state index is 12.3. The van der Waals surface area contributed by atoms with Gasteiger partial charge in [0.2, 0.25) is 0 Å². The van der Waals surface area contributed by atoms with Crippen LogP contribution in [0.2, 0.25) is 0 Å². The highest BCUT2D eigenvalue weighted by Gasteiger charge is 2.12. The monoisotopic (exact) mass is 335 g/mol. The van der Waals surface area contributed by atoms with Crippen LogP contribution in [0.4, 0.5) is 0 Å². The molecule has 0 aromatic heterocycles. The van der Waals surface area contributed by atoms with Crippen molar-refractivity contribution in [2.24, 2.45) is 0 Å². The Bertz CT molecular complexity index is 527. The second-order valence-corrected chi connectivity index (χ2v) is 6.90. The minimum Gasteiger partial charge on any atom is -0.466 e. The summed E-state index contributed by atoms with van der Waals surface area (Å²) in [7, 11) is 0. The van der Waals surface area contributed by atoms with Gasteiger partial charge in [-0.25, -0.2) is 0 Å². The summed E-state index contributed by atoms with van der Waals surface area (Å²) in [4.78, 5) is 26.0. The zero-order valence-electron chi connectivity index (χ0n) is 13.8. The van der Waals surface area contributed by atoms with E-state index < -0.39 is 0 Å². The largest absolute Gasteiger partial charge is 0.466 e. The van der Waals surface area contributed by atoms with Crippen LogP contribution in [0, 0.1) is 0 Å². The fraction of sp³-hybridized carbons (Fsp3) is 0.556. The molecule has 0 radical (unpaired) electrons. The fourth-order valence-electron chi connectivity index (χ4n) is 2.63. The van der Waals surface area contributed by atoms with Crippen LogP contribution >= 0.6 is 11.8 Å². The van der Waals surface area contributed by atoms with Gasteiger partial charge in [0.1, 0.15) is 0 Å². The van der Waals surface area contributed by atoms with Crippen molar-refractivity contribution in [1.82, 2.24) is 4.90 Å². The molecule has 1 heterocycles. The Morgan fingerprint density at radius 1 is 1.22 bits per heavy atom. The smallest absolute Gasteiger partial charge is 0.305 e. The summed E-state index contributed by atoms with van der Waals surface area (Å²) >= 11 is 2.00. The van der Waals surface area contributed by atoms with E-state index in [1.165, 1.54) is 17.1 Å². The summed E-state index contributed by atoms with van der Waals surface area (Å²) in [5.41, 5.74) is 1.94. The van der Waals surface area contributed by atoms with Gasteiger partial charge in [0, 0.05) is 49.5 Å². The molecule has 23 heavy (non-hydrogen) atoms. The summed E-state index contributed by atoms with van der Waals surface area (Å²) < 4.78 is 4.88. The first-order valence-corrected chi connectivity index (χ1v) is 9.42. The van der Waals surface area contributed by atoms with Gasteiger partial charge in [0.05, 0.1) is 6.61 Å². The van der Waals surface area contributed by atoms with Gasteiger partial charge in [0.15, 0.2) is 5.78 Å². The summed E-state index contributed by atoms with van der Waals surface area (Å²) in [6.45, 7) is 5.31. The molecule has 1 aromatic rings. The number of ketones is 1. The number of esters is 1. The molecule has 1 saturated heterocycles. The number of rotatable bonds is 8.